The number of fused-ring (bicyclic) bond motifs is 7. The lowest BCUT2D eigenvalue weighted by atomic mass is 9.94. The molecule has 1 atom stereocenters. The van der Waals surface area contributed by atoms with Crippen molar-refractivity contribution < 1.29 is 4.42 Å². The summed E-state index contributed by atoms with van der Waals surface area (Å²) < 4.78 is 9.10. The molecule has 0 saturated carbocycles. The van der Waals surface area contributed by atoms with Crippen LogP contribution >= 0.6 is 11.3 Å². The number of furan rings is 1. The van der Waals surface area contributed by atoms with Crippen LogP contribution in [-0.4, -0.2) is 5.71 Å². The fraction of sp³-hybridized carbons (Fsp3) is 0.0227. The highest BCUT2D eigenvalue weighted by atomic mass is 32.1. The van der Waals surface area contributed by atoms with Crippen LogP contribution in [0.1, 0.15) is 22.9 Å². The molecule has 226 valence electrons. The van der Waals surface area contributed by atoms with E-state index < -0.39 is 0 Å². The Morgan fingerprint density at radius 1 is 0.542 bits per heavy atom. The number of rotatable bonds is 4. The van der Waals surface area contributed by atoms with Crippen LogP contribution in [0.15, 0.2) is 167 Å². The molecule has 48 heavy (non-hydrogen) atoms. The minimum Gasteiger partial charge on any atom is -0.456 e. The lowest BCUT2D eigenvalue weighted by molar-refractivity contribution is 0.664. The summed E-state index contributed by atoms with van der Waals surface area (Å²) in [6.07, 6.45) is 1.94. The van der Waals surface area contributed by atoms with E-state index in [1.165, 1.54) is 30.9 Å². The Bertz CT molecular complexity index is 2770. The fourth-order valence-corrected chi connectivity index (χ4v) is 8.22. The number of thiophene rings is 1. The number of nitrogens with zero attached hydrogens (tertiary/aromatic N) is 1. The zero-order chi connectivity index (χ0) is 31.6. The Morgan fingerprint density at radius 2 is 1.31 bits per heavy atom. The van der Waals surface area contributed by atoms with E-state index in [-0.39, 0.29) is 6.17 Å². The van der Waals surface area contributed by atoms with E-state index in [2.05, 4.69) is 151 Å². The van der Waals surface area contributed by atoms with Gasteiger partial charge in [0, 0.05) is 42.2 Å². The van der Waals surface area contributed by atoms with E-state index in [4.69, 9.17) is 9.41 Å². The van der Waals surface area contributed by atoms with Gasteiger partial charge in [-0.05, 0) is 81.6 Å². The first-order chi connectivity index (χ1) is 23.7. The molecule has 0 bridgehead atoms. The van der Waals surface area contributed by atoms with Crippen molar-refractivity contribution in [3.63, 3.8) is 0 Å². The van der Waals surface area contributed by atoms with Gasteiger partial charge in [0.25, 0.3) is 0 Å². The Hall–Kier alpha value is -5.97. The SMILES string of the molecule is C1=C(c2ccc3sc4ccccc4c3c2)NC(c2ccc3ccccc3c2)N=C1c1cc(-c2ccccc2)cc2oc3ccccc3c12. The van der Waals surface area contributed by atoms with Crippen LogP contribution in [0.3, 0.4) is 0 Å². The largest absolute Gasteiger partial charge is 0.456 e. The van der Waals surface area contributed by atoms with E-state index in [0.29, 0.717) is 0 Å². The average molecular weight is 633 g/mol. The van der Waals surface area contributed by atoms with E-state index in [9.17, 15) is 0 Å². The standard InChI is InChI=1S/C44H28N2OS/c1-2-10-27(11-3-1)32-24-36(43-34-15-6-8-16-39(34)47-40(43)25-32)38-26-37(30-20-21-42-35(23-30)33-14-7-9-17-41(33)48-42)45-44(46-38)31-19-18-28-12-4-5-13-29(28)22-31/h1-26,44-45H. The summed E-state index contributed by atoms with van der Waals surface area (Å²) in [5.74, 6) is 0. The monoisotopic (exact) mass is 632 g/mol. The molecule has 0 radical (unpaired) electrons. The number of hydrogen-bond acceptors (Lipinski definition) is 4. The Labute approximate surface area is 281 Å². The number of aliphatic imine (C=N–C) groups is 1. The van der Waals surface area contributed by atoms with Crippen LogP contribution < -0.4 is 5.32 Å². The first-order valence-corrected chi connectivity index (χ1v) is 17.0. The molecule has 7 aromatic carbocycles. The third kappa shape index (κ3) is 4.45. The van der Waals surface area contributed by atoms with Gasteiger partial charge in [0.05, 0.1) is 5.71 Å². The van der Waals surface area contributed by atoms with Crippen molar-refractivity contribution in [3.8, 4) is 11.1 Å². The maximum absolute atomic E-state index is 6.51. The number of para-hydroxylation sites is 1. The Morgan fingerprint density at radius 3 is 2.23 bits per heavy atom. The van der Waals surface area contributed by atoms with Crippen LogP contribution in [0.25, 0.3) is 69.7 Å². The summed E-state index contributed by atoms with van der Waals surface area (Å²) in [5.41, 5.74) is 9.25. The molecule has 10 rings (SSSR count). The van der Waals surface area contributed by atoms with E-state index >= 15 is 0 Å². The molecular formula is C44H28N2OS. The highest BCUT2D eigenvalue weighted by molar-refractivity contribution is 7.25. The van der Waals surface area contributed by atoms with Crippen LogP contribution in [0.4, 0.5) is 0 Å². The molecule has 0 spiro atoms. The van der Waals surface area contributed by atoms with Gasteiger partial charge in [-0.1, -0.05) is 109 Å². The minimum absolute atomic E-state index is 0.284. The maximum atomic E-state index is 6.51. The minimum atomic E-state index is -0.284. The zero-order valence-corrected chi connectivity index (χ0v) is 26.7. The lowest BCUT2D eigenvalue weighted by Crippen LogP contribution is -2.25. The van der Waals surface area contributed by atoms with Gasteiger partial charge < -0.3 is 9.73 Å². The average Bonchev–Trinajstić information content (AvgIpc) is 3.72. The second-order valence-corrected chi connectivity index (χ2v) is 13.5. The molecule has 3 nitrogen and oxygen atoms in total. The molecule has 0 aliphatic carbocycles. The number of benzene rings is 7. The summed E-state index contributed by atoms with van der Waals surface area (Å²) in [5, 5.41) is 11.0. The smallest absolute Gasteiger partial charge is 0.145 e. The molecule has 1 aliphatic rings. The molecule has 9 aromatic rings. The summed E-state index contributed by atoms with van der Waals surface area (Å²) in [4.78, 5) is 5.47. The maximum Gasteiger partial charge on any atom is 0.145 e. The first kappa shape index (κ1) is 27.2. The van der Waals surface area contributed by atoms with E-state index in [1.54, 1.807) is 0 Å². The van der Waals surface area contributed by atoms with Gasteiger partial charge in [0.2, 0.25) is 0 Å². The molecule has 4 heteroatoms. The lowest BCUT2D eigenvalue weighted by Gasteiger charge is -2.25. The third-order valence-electron chi connectivity index (χ3n) is 9.48. The van der Waals surface area contributed by atoms with Crippen LogP contribution in [0, 0.1) is 0 Å². The van der Waals surface area contributed by atoms with Gasteiger partial charge in [0.15, 0.2) is 0 Å². The summed E-state index contributed by atoms with van der Waals surface area (Å²) in [6.45, 7) is 0. The summed E-state index contributed by atoms with van der Waals surface area (Å²) in [6, 6.07) is 53.9. The second kappa shape index (κ2) is 10.8. The fourth-order valence-electron chi connectivity index (χ4n) is 7.13. The third-order valence-corrected chi connectivity index (χ3v) is 10.6. The van der Waals surface area contributed by atoms with Crippen LogP contribution in [0.2, 0.25) is 0 Å². The van der Waals surface area contributed by atoms with Gasteiger partial charge in [-0.3, -0.25) is 4.99 Å². The van der Waals surface area contributed by atoms with Gasteiger partial charge >= 0.3 is 0 Å². The van der Waals surface area contributed by atoms with Crippen molar-refractivity contribution in [3.05, 3.63) is 174 Å². The van der Waals surface area contributed by atoms with E-state index in [0.717, 1.165) is 61.2 Å². The van der Waals surface area contributed by atoms with Gasteiger partial charge in [-0.15, -0.1) is 11.3 Å². The molecule has 0 fully saturated rings. The zero-order valence-electron chi connectivity index (χ0n) is 25.9. The van der Waals surface area contributed by atoms with Crippen LogP contribution in [0.5, 0.6) is 0 Å². The van der Waals surface area contributed by atoms with Gasteiger partial charge in [-0.2, -0.15) is 0 Å². The van der Waals surface area contributed by atoms with Crippen molar-refractivity contribution in [2.45, 2.75) is 6.17 Å². The number of nitrogens with one attached hydrogen (secondary N) is 1. The number of hydrogen-bond donors (Lipinski definition) is 1. The Kier molecular flexibility index (Phi) is 6.11. The summed E-state index contributed by atoms with van der Waals surface area (Å²) >= 11 is 1.84. The molecule has 1 N–H and O–H groups in total. The number of allylic oxidation sites excluding steroid dienone is 1. The van der Waals surface area contributed by atoms with Gasteiger partial charge in [0.1, 0.15) is 17.3 Å². The van der Waals surface area contributed by atoms with E-state index in [1.807, 2.05) is 23.5 Å². The van der Waals surface area contributed by atoms with Crippen molar-refractivity contribution in [1.29, 1.82) is 0 Å². The predicted octanol–water partition coefficient (Wildman–Crippen LogP) is 11.9. The highest BCUT2D eigenvalue weighted by Gasteiger charge is 2.24. The Balaban J connectivity index is 1.22. The van der Waals surface area contributed by atoms with Crippen molar-refractivity contribution in [2.24, 2.45) is 4.99 Å². The van der Waals surface area contributed by atoms with Crippen molar-refractivity contribution in [1.82, 2.24) is 5.32 Å². The molecule has 0 amide bonds. The van der Waals surface area contributed by atoms with Crippen molar-refractivity contribution in [2.75, 3.05) is 0 Å². The normalized spacial score (nSPS) is 14.9. The molecule has 2 aromatic heterocycles. The topological polar surface area (TPSA) is 37.5 Å². The van der Waals surface area contributed by atoms with Gasteiger partial charge in [-0.25, -0.2) is 0 Å². The molecule has 1 unspecified atom stereocenters. The molecule has 1 aliphatic heterocycles. The molecule has 3 heterocycles. The molecule has 0 saturated heterocycles. The first-order valence-electron chi connectivity index (χ1n) is 16.2. The van der Waals surface area contributed by atoms with Crippen molar-refractivity contribution >= 4 is 75.6 Å². The van der Waals surface area contributed by atoms with Crippen LogP contribution in [-0.2, 0) is 0 Å². The second-order valence-electron chi connectivity index (χ2n) is 12.4. The quantitative estimate of drug-likeness (QED) is 0.210. The highest BCUT2D eigenvalue weighted by Crippen LogP contribution is 2.39. The summed E-state index contributed by atoms with van der Waals surface area (Å²) in [7, 11) is 0. The molecular weight excluding hydrogens is 605 g/mol. The predicted molar refractivity (Wildman–Crippen MR) is 203 cm³/mol.